The van der Waals surface area contributed by atoms with Crippen LogP contribution < -0.4 is 15.4 Å². The van der Waals surface area contributed by atoms with E-state index in [1.54, 1.807) is 7.11 Å². The van der Waals surface area contributed by atoms with E-state index in [-0.39, 0.29) is 11.1 Å². The molecule has 0 spiro atoms. The second-order valence-electron chi connectivity index (χ2n) is 9.74. The molecule has 0 aromatic heterocycles. The Balaban J connectivity index is 1.78. The second-order valence-corrected chi connectivity index (χ2v) is 10.5. The highest BCUT2D eigenvalue weighted by molar-refractivity contribution is 7.80. The zero-order valence-electron chi connectivity index (χ0n) is 19.2. The fourth-order valence-corrected chi connectivity index (χ4v) is 5.16. The molecule has 31 heavy (non-hydrogen) atoms. The lowest BCUT2D eigenvalue weighted by atomic mass is 9.80. The monoisotopic (exact) mass is 459 g/mol. The van der Waals surface area contributed by atoms with E-state index in [0.717, 1.165) is 34.3 Å². The number of benzene rings is 2. The van der Waals surface area contributed by atoms with Crippen LogP contribution in [-0.2, 0) is 13.1 Å². The number of rotatable bonds is 6. The molecule has 1 heterocycles. The molecular weight excluding hydrogens is 426 g/mol. The summed E-state index contributed by atoms with van der Waals surface area (Å²) in [5.41, 5.74) is 2.34. The molecule has 0 unspecified atom stereocenters. The molecule has 1 fully saturated rings. The van der Waals surface area contributed by atoms with E-state index in [4.69, 9.17) is 28.6 Å². The molecule has 0 radical (unpaired) electrons. The van der Waals surface area contributed by atoms with Crippen LogP contribution in [0.5, 0.6) is 5.75 Å². The number of hydrogen-bond acceptors (Lipinski definition) is 3. The maximum Gasteiger partial charge on any atom is 0.169 e. The Morgan fingerprint density at radius 3 is 2.26 bits per heavy atom. The molecule has 1 aliphatic heterocycles. The number of halogens is 1. The van der Waals surface area contributed by atoms with Gasteiger partial charge in [0, 0.05) is 35.2 Å². The third kappa shape index (κ3) is 6.83. The summed E-state index contributed by atoms with van der Waals surface area (Å²) in [4.78, 5) is 2.19. The SMILES string of the molecule is COc1ccc(CN(Cc2ccccc2Cl)C(=S)NC2CC(C)(C)NC(C)(C)C2)cc1. The Morgan fingerprint density at radius 1 is 1.06 bits per heavy atom. The van der Waals surface area contributed by atoms with Crippen LogP contribution in [0.15, 0.2) is 48.5 Å². The minimum Gasteiger partial charge on any atom is -0.497 e. The average molecular weight is 460 g/mol. The minimum atomic E-state index is 0.0541. The standard InChI is InChI=1S/C25H34ClN3OS/c1-24(2)14-20(15-25(3,4)28-24)27-23(31)29(17-19-8-6-7-9-22(19)26)16-18-10-12-21(30-5)13-11-18/h6-13,20,28H,14-17H2,1-5H3,(H,27,31). The number of hydrogen-bond donors (Lipinski definition) is 2. The van der Waals surface area contributed by atoms with E-state index in [0.29, 0.717) is 19.1 Å². The number of methoxy groups -OCH3 is 1. The van der Waals surface area contributed by atoms with Gasteiger partial charge in [-0.05, 0) is 82.1 Å². The maximum atomic E-state index is 6.47. The van der Waals surface area contributed by atoms with Gasteiger partial charge in [-0.25, -0.2) is 0 Å². The highest BCUT2D eigenvalue weighted by Crippen LogP contribution is 2.29. The number of piperidine rings is 1. The van der Waals surface area contributed by atoms with Crippen molar-refractivity contribution in [2.24, 2.45) is 0 Å². The second kappa shape index (κ2) is 9.76. The number of ether oxygens (including phenoxy) is 1. The normalized spacial score (nSPS) is 17.7. The molecule has 1 aliphatic rings. The van der Waals surface area contributed by atoms with E-state index in [1.165, 1.54) is 5.56 Å². The zero-order chi connectivity index (χ0) is 22.6. The van der Waals surface area contributed by atoms with Gasteiger partial charge >= 0.3 is 0 Å². The van der Waals surface area contributed by atoms with E-state index < -0.39 is 0 Å². The highest BCUT2D eigenvalue weighted by Gasteiger charge is 2.38. The smallest absolute Gasteiger partial charge is 0.169 e. The molecule has 3 rings (SSSR count). The third-order valence-corrected chi connectivity index (χ3v) is 6.40. The van der Waals surface area contributed by atoms with Crippen molar-refractivity contribution in [1.82, 2.24) is 15.5 Å². The van der Waals surface area contributed by atoms with Crippen molar-refractivity contribution in [3.05, 3.63) is 64.7 Å². The van der Waals surface area contributed by atoms with Crippen molar-refractivity contribution in [2.75, 3.05) is 7.11 Å². The molecule has 6 heteroatoms. The van der Waals surface area contributed by atoms with Crippen molar-refractivity contribution in [1.29, 1.82) is 0 Å². The highest BCUT2D eigenvalue weighted by atomic mass is 35.5. The predicted octanol–water partition coefficient (Wildman–Crippen LogP) is 5.53. The Hall–Kier alpha value is -1.82. The molecule has 1 saturated heterocycles. The van der Waals surface area contributed by atoms with Crippen LogP contribution in [0.2, 0.25) is 5.02 Å². The van der Waals surface area contributed by atoms with Gasteiger partial charge in [-0.2, -0.15) is 0 Å². The quantitative estimate of drug-likeness (QED) is 0.555. The Kier molecular flexibility index (Phi) is 7.51. The lowest BCUT2D eigenvalue weighted by Crippen LogP contribution is -2.62. The molecule has 0 amide bonds. The molecule has 0 aliphatic carbocycles. The van der Waals surface area contributed by atoms with Crippen molar-refractivity contribution in [3.63, 3.8) is 0 Å². The molecular formula is C25H34ClN3OS. The molecule has 2 aromatic carbocycles. The minimum absolute atomic E-state index is 0.0541. The number of thiocarbonyl (C=S) groups is 1. The van der Waals surface area contributed by atoms with Crippen LogP contribution in [0, 0.1) is 0 Å². The summed E-state index contributed by atoms with van der Waals surface area (Å²) < 4.78 is 5.30. The average Bonchev–Trinajstić information content (AvgIpc) is 2.67. The third-order valence-electron chi connectivity index (χ3n) is 5.66. The Labute approximate surface area is 197 Å². The number of nitrogens with zero attached hydrogens (tertiary/aromatic N) is 1. The summed E-state index contributed by atoms with van der Waals surface area (Å²) in [6, 6.07) is 16.4. The molecule has 4 nitrogen and oxygen atoms in total. The molecule has 2 N–H and O–H groups in total. The molecule has 2 aromatic rings. The summed E-state index contributed by atoms with van der Waals surface area (Å²) in [6.07, 6.45) is 2.03. The largest absolute Gasteiger partial charge is 0.497 e. The predicted molar refractivity (Wildman–Crippen MR) is 134 cm³/mol. The Morgan fingerprint density at radius 2 is 1.68 bits per heavy atom. The van der Waals surface area contributed by atoms with Crippen LogP contribution in [-0.4, -0.2) is 34.2 Å². The molecule has 168 valence electrons. The zero-order valence-corrected chi connectivity index (χ0v) is 20.7. The topological polar surface area (TPSA) is 36.5 Å². The van der Waals surface area contributed by atoms with Gasteiger partial charge in [0.05, 0.1) is 7.11 Å². The fraction of sp³-hybridized carbons (Fsp3) is 0.480. The lowest BCUT2D eigenvalue weighted by molar-refractivity contribution is 0.153. The first kappa shape index (κ1) is 23.8. The van der Waals surface area contributed by atoms with E-state index >= 15 is 0 Å². The van der Waals surface area contributed by atoms with Crippen LogP contribution in [0.3, 0.4) is 0 Å². The molecule has 0 bridgehead atoms. The van der Waals surface area contributed by atoms with Gasteiger partial charge in [0.25, 0.3) is 0 Å². The first-order chi connectivity index (χ1) is 14.6. The first-order valence-electron chi connectivity index (χ1n) is 10.8. The summed E-state index contributed by atoms with van der Waals surface area (Å²) in [5.74, 6) is 0.848. The number of nitrogens with one attached hydrogen (secondary N) is 2. The van der Waals surface area contributed by atoms with Gasteiger partial charge in [0.2, 0.25) is 0 Å². The molecule has 0 atom stereocenters. The van der Waals surface area contributed by atoms with Gasteiger partial charge in [0.1, 0.15) is 5.75 Å². The first-order valence-corrected chi connectivity index (χ1v) is 11.6. The van der Waals surface area contributed by atoms with Crippen molar-refractivity contribution >= 4 is 28.9 Å². The van der Waals surface area contributed by atoms with Crippen LogP contribution in [0.4, 0.5) is 0 Å². The Bertz CT molecular complexity index is 882. The van der Waals surface area contributed by atoms with Crippen LogP contribution in [0.1, 0.15) is 51.7 Å². The summed E-state index contributed by atoms with van der Waals surface area (Å²) >= 11 is 12.4. The van der Waals surface area contributed by atoms with Gasteiger partial charge < -0.3 is 20.3 Å². The van der Waals surface area contributed by atoms with Gasteiger partial charge in [-0.3, -0.25) is 0 Å². The summed E-state index contributed by atoms with van der Waals surface area (Å²) in [7, 11) is 1.68. The maximum absolute atomic E-state index is 6.47. The lowest BCUT2D eigenvalue weighted by Gasteiger charge is -2.47. The summed E-state index contributed by atoms with van der Waals surface area (Å²) in [6.45, 7) is 10.4. The van der Waals surface area contributed by atoms with Crippen LogP contribution in [0.25, 0.3) is 0 Å². The van der Waals surface area contributed by atoms with Gasteiger partial charge in [0.15, 0.2) is 5.11 Å². The van der Waals surface area contributed by atoms with E-state index in [9.17, 15) is 0 Å². The van der Waals surface area contributed by atoms with Crippen LogP contribution >= 0.6 is 23.8 Å². The van der Waals surface area contributed by atoms with Gasteiger partial charge in [-0.1, -0.05) is 41.9 Å². The fourth-order valence-electron chi connectivity index (χ4n) is 4.67. The van der Waals surface area contributed by atoms with Crippen molar-refractivity contribution in [3.8, 4) is 5.75 Å². The van der Waals surface area contributed by atoms with E-state index in [2.05, 4.69) is 61.4 Å². The van der Waals surface area contributed by atoms with E-state index in [1.807, 2.05) is 30.3 Å². The summed E-state index contributed by atoms with van der Waals surface area (Å²) in [5, 5.41) is 8.92. The van der Waals surface area contributed by atoms with Gasteiger partial charge in [-0.15, -0.1) is 0 Å². The van der Waals surface area contributed by atoms with Crippen molar-refractivity contribution in [2.45, 2.75) is 70.7 Å². The molecule has 0 saturated carbocycles. The van der Waals surface area contributed by atoms with Crippen molar-refractivity contribution < 1.29 is 4.74 Å².